The van der Waals surface area contributed by atoms with E-state index >= 15 is 0 Å². The number of nitrogens with zero attached hydrogens (tertiary/aromatic N) is 2. The van der Waals surface area contributed by atoms with Crippen LogP contribution in [0.1, 0.15) is 20.3 Å². The van der Waals surface area contributed by atoms with Crippen molar-refractivity contribution in [3.8, 4) is 11.5 Å². The molecule has 2 aromatic carbocycles. The van der Waals surface area contributed by atoms with Crippen LogP contribution < -0.4 is 14.3 Å². The van der Waals surface area contributed by atoms with Gasteiger partial charge in [-0.3, -0.25) is 4.79 Å². The number of carbonyl (C=O) groups is 1. The Morgan fingerprint density at radius 3 is 2.57 bits per heavy atom. The Hall–Kier alpha value is -2.25. The Kier molecular flexibility index (Phi) is 7.17. The van der Waals surface area contributed by atoms with Crippen LogP contribution >= 0.6 is 23.1 Å². The first-order chi connectivity index (χ1) is 13.6. The zero-order valence-corrected chi connectivity index (χ0v) is 17.9. The van der Waals surface area contributed by atoms with Crippen molar-refractivity contribution in [1.82, 2.24) is 4.57 Å². The van der Waals surface area contributed by atoms with Crippen molar-refractivity contribution in [3.63, 3.8) is 0 Å². The molecule has 3 rings (SSSR count). The van der Waals surface area contributed by atoms with E-state index in [-0.39, 0.29) is 5.91 Å². The molecular formula is C21H24N2O3S2. The van der Waals surface area contributed by atoms with Gasteiger partial charge in [0.2, 0.25) is 5.91 Å². The number of amides is 1. The van der Waals surface area contributed by atoms with E-state index in [1.54, 1.807) is 18.9 Å². The first kappa shape index (κ1) is 20.5. The molecule has 7 heteroatoms. The van der Waals surface area contributed by atoms with Crippen LogP contribution in [0.4, 0.5) is 0 Å². The maximum absolute atomic E-state index is 12.4. The first-order valence-electron chi connectivity index (χ1n) is 9.25. The summed E-state index contributed by atoms with van der Waals surface area (Å²) in [6, 6.07) is 13.8. The summed E-state index contributed by atoms with van der Waals surface area (Å²) in [5.41, 5.74) is 1.08. The second-order valence-electron chi connectivity index (χ2n) is 5.97. The standard InChI is InChI=1S/C21H24N2O3S2/c1-4-23-18-11-8-16(26-5-2)14-19(18)28-21(23)22-20(24)12-13-27-17-9-6-15(25-3)7-10-17/h6-11,14H,4-5,12-13H2,1-3H3. The summed E-state index contributed by atoms with van der Waals surface area (Å²) < 4.78 is 13.9. The summed E-state index contributed by atoms with van der Waals surface area (Å²) in [4.78, 5) is 18.6. The van der Waals surface area contributed by atoms with Crippen molar-refractivity contribution >= 4 is 39.2 Å². The number of rotatable bonds is 8. The van der Waals surface area contributed by atoms with Crippen LogP contribution in [0.15, 0.2) is 52.4 Å². The smallest absolute Gasteiger partial charge is 0.249 e. The number of carbonyl (C=O) groups excluding carboxylic acids is 1. The molecule has 148 valence electrons. The minimum atomic E-state index is -0.0974. The number of methoxy groups -OCH3 is 1. The molecule has 0 unspecified atom stereocenters. The lowest BCUT2D eigenvalue weighted by Gasteiger charge is -2.04. The molecule has 0 N–H and O–H groups in total. The Bertz CT molecular complexity index is 1010. The highest BCUT2D eigenvalue weighted by Crippen LogP contribution is 2.24. The number of benzene rings is 2. The second kappa shape index (κ2) is 9.80. The number of fused-ring (bicyclic) bond motifs is 1. The van der Waals surface area contributed by atoms with E-state index in [0.29, 0.717) is 18.8 Å². The van der Waals surface area contributed by atoms with Gasteiger partial charge in [-0.1, -0.05) is 11.3 Å². The molecule has 1 amide bonds. The summed E-state index contributed by atoms with van der Waals surface area (Å²) in [6.07, 6.45) is 0.402. The average molecular weight is 417 g/mol. The monoisotopic (exact) mass is 416 g/mol. The Morgan fingerprint density at radius 2 is 1.89 bits per heavy atom. The number of aromatic nitrogens is 1. The molecule has 1 heterocycles. The van der Waals surface area contributed by atoms with Crippen LogP contribution in [0.3, 0.4) is 0 Å². The van der Waals surface area contributed by atoms with Gasteiger partial charge in [-0.2, -0.15) is 4.99 Å². The summed E-state index contributed by atoms with van der Waals surface area (Å²) >= 11 is 3.17. The minimum Gasteiger partial charge on any atom is -0.497 e. The number of hydrogen-bond donors (Lipinski definition) is 0. The molecule has 3 aromatic rings. The molecule has 0 saturated carbocycles. The van der Waals surface area contributed by atoms with Crippen LogP contribution in [0.2, 0.25) is 0 Å². The van der Waals surface area contributed by atoms with Gasteiger partial charge in [-0.25, -0.2) is 0 Å². The summed E-state index contributed by atoms with van der Waals surface area (Å²) in [7, 11) is 1.65. The molecule has 0 atom stereocenters. The van der Waals surface area contributed by atoms with E-state index in [1.165, 1.54) is 11.3 Å². The van der Waals surface area contributed by atoms with Crippen molar-refractivity contribution in [3.05, 3.63) is 47.3 Å². The Labute approximate surface area is 173 Å². The molecule has 28 heavy (non-hydrogen) atoms. The highest BCUT2D eigenvalue weighted by atomic mass is 32.2. The third-order valence-corrected chi connectivity index (χ3v) is 6.20. The van der Waals surface area contributed by atoms with Gasteiger partial charge in [0.15, 0.2) is 4.80 Å². The van der Waals surface area contributed by atoms with E-state index in [1.807, 2.05) is 49.4 Å². The van der Waals surface area contributed by atoms with E-state index < -0.39 is 0 Å². The lowest BCUT2D eigenvalue weighted by molar-refractivity contribution is -0.117. The van der Waals surface area contributed by atoms with E-state index in [9.17, 15) is 4.79 Å². The van der Waals surface area contributed by atoms with Gasteiger partial charge in [-0.15, -0.1) is 11.8 Å². The van der Waals surface area contributed by atoms with Gasteiger partial charge in [0.25, 0.3) is 0 Å². The third-order valence-electron chi connectivity index (χ3n) is 4.15. The summed E-state index contributed by atoms with van der Waals surface area (Å²) in [6.45, 7) is 5.42. The fourth-order valence-electron chi connectivity index (χ4n) is 2.79. The topological polar surface area (TPSA) is 52.8 Å². The highest BCUT2D eigenvalue weighted by Gasteiger charge is 2.08. The minimum absolute atomic E-state index is 0.0974. The zero-order valence-electron chi connectivity index (χ0n) is 16.3. The predicted molar refractivity (Wildman–Crippen MR) is 116 cm³/mol. The van der Waals surface area contributed by atoms with Gasteiger partial charge in [-0.05, 0) is 56.3 Å². The molecule has 1 aromatic heterocycles. The maximum atomic E-state index is 12.4. The van der Waals surface area contributed by atoms with Gasteiger partial charge in [0.05, 0.1) is 23.9 Å². The van der Waals surface area contributed by atoms with Gasteiger partial charge >= 0.3 is 0 Å². The highest BCUT2D eigenvalue weighted by molar-refractivity contribution is 7.99. The largest absolute Gasteiger partial charge is 0.497 e. The Morgan fingerprint density at radius 1 is 1.14 bits per heavy atom. The van der Waals surface area contributed by atoms with Crippen molar-refractivity contribution in [1.29, 1.82) is 0 Å². The molecule has 0 aliphatic carbocycles. The number of thioether (sulfide) groups is 1. The third kappa shape index (κ3) is 4.97. The summed E-state index contributed by atoms with van der Waals surface area (Å²) in [5.74, 6) is 2.27. The molecule has 5 nitrogen and oxygen atoms in total. The van der Waals surface area contributed by atoms with Crippen LogP contribution in [0.5, 0.6) is 11.5 Å². The second-order valence-corrected chi connectivity index (χ2v) is 8.15. The lowest BCUT2D eigenvalue weighted by Crippen LogP contribution is -2.15. The molecule has 0 saturated heterocycles. The maximum Gasteiger partial charge on any atom is 0.249 e. The number of hydrogen-bond acceptors (Lipinski definition) is 5. The first-order valence-corrected chi connectivity index (χ1v) is 11.1. The number of aryl methyl sites for hydroxylation is 1. The lowest BCUT2D eigenvalue weighted by atomic mass is 10.3. The fraction of sp³-hybridized carbons (Fsp3) is 0.333. The molecule has 0 aliphatic rings. The zero-order chi connectivity index (χ0) is 19.9. The van der Waals surface area contributed by atoms with Crippen molar-refractivity contribution < 1.29 is 14.3 Å². The van der Waals surface area contributed by atoms with Gasteiger partial charge < -0.3 is 14.0 Å². The van der Waals surface area contributed by atoms with Crippen molar-refractivity contribution in [2.24, 2.45) is 4.99 Å². The SMILES string of the molecule is CCOc1ccc2c(c1)sc(=NC(=O)CCSc1ccc(OC)cc1)n2CC. The quantitative estimate of drug-likeness (QED) is 0.498. The van der Waals surface area contributed by atoms with Crippen LogP contribution in [0, 0.1) is 0 Å². The normalized spacial score (nSPS) is 11.8. The molecule has 0 spiro atoms. The summed E-state index contributed by atoms with van der Waals surface area (Å²) in [5, 5.41) is 0. The molecule has 0 fully saturated rings. The van der Waals surface area contributed by atoms with Crippen LogP contribution in [-0.2, 0) is 11.3 Å². The molecular weight excluding hydrogens is 392 g/mol. The molecule has 0 bridgehead atoms. The molecule has 0 radical (unpaired) electrons. The fourth-order valence-corrected chi connectivity index (χ4v) is 4.77. The molecule has 0 aliphatic heterocycles. The Balaban J connectivity index is 1.70. The van der Waals surface area contributed by atoms with Crippen molar-refractivity contribution in [2.45, 2.75) is 31.7 Å². The van der Waals surface area contributed by atoms with Crippen LogP contribution in [0.25, 0.3) is 10.2 Å². The van der Waals surface area contributed by atoms with Crippen molar-refractivity contribution in [2.75, 3.05) is 19.5 Å². The van der Waals surface area contributed by atoms with E-state index in [2.05, 4.69) is 16.5 Å². The predicted octanol–water partition coefficient (Wildman–Crippen LogP) is 4.74. The van der Waals surface area contributed by atoms with E-state index in [4.69, 9.17) is 9.47 Å². The van der Waals surface area contributed by atoms with Gasteiger partial charge in [0.1, 0.15) is 11.5 Å². The number of ether oxygens (including phenoxy) is 2. The van der Waals surface area contributed by atoms with Gasteiger partial charge in [0, 0.05) is 23.6 Å². The van der Waals surface area contributed by atoms with Crippen LogP contribution in [-0.4, -0.2) is 29.9 Å². The van der Waals surface area contributed by atoms with E-state index in [0.717, 1.165) is 38.0 Å². The average Bonchev–Trinajstić information content (AvgIpc) is 3.04. The number of thiazole rings is 1.